The van der Waals surface area contributed by atoms with Gasteiger partial charge in [-0.2, -0.15) is 13.2 Å². The van der Waals surface area contributed by atoms with Crippen molar-refractivity contribution in [1.29, 1.82) is 0 Å². The van der Waals surface area contributed by atoms with E-state index in [2.05, 4.69) is 28.2 Å². The Labute approximate surface area is 131 Å². The topological polar surface area (TPSA) is 15.3 Å². The van der Waals surface area contributed by atoms with E-state index in [9.17, 15) is 13.2 Å². The van der Waals surface area contributed by atoms with Gasteiger partial charge in [0, 0.05) is 29.3 Å². The molecule has 0 aromatic heterocycles. The second kappa shape index (κ2) is 7.01. The molecule has 1 aromatic rings. The second-order valence-electron chi connectivity index (χ2n) is 5.44. The number of rotatable bonds is 4. The smallest absolute Gasteiger partial charge is 0.370 e. The predicted molar refractivity (Wildman–Crippen MR) is 82.7 cm³/mol. The van der Waals surface area contributed by atoms with Crippen LogP contribution in [-0.2, 0) is 6.18 Å². The lowest BCUT2D eigenvalue weighted by Gasteiger charge is -2.35. The summed E-state index contributed by atoms with van der Waals surface area (Å²) in [5, 5.41) is 3.45. The van der Waals surface area contributed by atoms with Gasteiger partial charge in [-0.1, -0.05) is 22.9 Å². The van der Waals surface area contributed by atoms with Crippen molar-refractivity contribution in [1.82, 2.24) is 5.32 Å². The molecular weight excluding hydrogens is 345 g/mol. The fourth-order valence-electron chi connectivity index (χ4n) is 2.65. The second-order valence-corrected chi connectivity index (χ2v) is 6.35. The first-order chi connectivity index (χ1) is 9.90. The molecule has 1 atom stereocenters. The van der Waals surface area contributed by atoms with Gasteiger partial charge >= 0.3 is 6.18 Å². The fourth-order valence-corrected chi connectivity index (χ4v) is 3.13. The molecule has 0 bridgehead atoms. The van der Waals surface area contributed by atoms with E-state index in [1.807, 2.05) is 4.90 Å². The minimum absolute atomic E-state index is 0.354. The Morgan fingerprint density at radius 1 is 1.33 bits per heavy atom. The molecule has 6 heteroatoms. The average Bonchev–Trinajstić information content (AvgIpc) is 2.44. The van der Waals surface area contributed by atoms with Gasteiger partial charge < -0.3 is 10.2 Å². The average molecular weight is 365 g/mol. The molecule has 0 amide bonds. The van der Waals surface area contributed by atoms with Gasteiger partial charge in [-0.05, 0) is 44.0 Å². The van der Waals surface area contributed by atoms with Crippen LogP contribution in [0.3, 0.4) is 0 Å². The zero-order valence-electron chi connectivity index (χ0n) is 12.0. The third kappa shape index (κ3) is 4.61. The van der Waals surface area contributed by atoms with E-state index in [-0.39, 0.29) is 0 Å². The molecule has 0 saturated carbocycles. The van der Waals surface area contributed by atoms with Crippen LogP contribution in [0.15, 0.2) is 22.7 Å². The molecule has 1 N–H and O–H groups in total. The molecule has 1 unspecified atom stereocenters. The van der Waals surface area contributed by atoms with Gasteiger partial charge in [0.25, 0.3) is 0 Å². The van der Waals surface area contributed by atoms with Gasteiger partial charge in [0.15, 0.2) is 0 Å². The van der Waals surface area contributed by atoms with Gasteiger partial charge in [-0.15, -0.1) is 0 Å². The summed E-state index contributed by atoms with van der Waals surface area (Å²) in [6.07, 6.45) is -1.17. The van der Waals surface area contributed by atoms with E-state index in [4.69, 9.17) is 0 Å². The summed E-state index contributed by atoms with van der Waals surface area (Å²) in [6, 6.07) is 4.48. The van der Waals surface area contributed by atoms with Crippen LogP contribution in [0.4, 0.5) is 18.9 Å². The Morgan fingerprint density at radius 3 is 2.76 bits per heavy atom. The molecule has 0 radical (unpaired) electrons. The zero-order chi connectivity index (χ0) is 15.5. The minimum Gasteiger partial charge on any atom is -0.370 e. The normalized spacial score (nSPS) is 19.9. The lowest BCUT2D eigenvalue weighted by atomic mass is 10.0. The maximum atomic E-state index is 12.9. The SMILES string of the molecule is CCCNC1CCCN(c2cc(Br)cc(C(F)(F)F)c2)C1. The quantitative estimate of drug-likeness (QED) is 0.849. The number of nitrogens with one attached hydrogen (secondary N) is 1. The highest BCUT2D eigenvalue weighted by atomic mass is 79.9. The molecule has 1 aliphatic rings. The summed E-state index contributed by atoms with van der Waals surface area (Å²) >= 11 is 3.19. The number of nitrogens with zero attached hydrogens (tertiary/aromatic N) is 1. The van der Waals surface area contributed by atoms with Crippen LogP contribution < -0.4 is 10.2 Å². The van der Waals surface area contributed by atoms with Gasteiger partial charge in [-0.3, -0.25) is 0 Å². The van der Waals surface area contributed by atoms with E-state index in [0.29, 0.717) is 16.2 Å². The molecule has 1 saturated heterocycles. The van der Waals surface area contributed by atoms with Crippen LogP contribution in [0.1, 0.15) is 31.7 Å². The van der Waals surface area contributed by atoms with E-state index in [1.165, 1.54) is 6.07 Å². The highest BCUT2D eigenvalue weighted by Crippen LogP contribution is 2.35. The highest BCUT2D eigenvalue weighted by Gasteiger charge is 2.32. The summed E-state index contributed by atoms with van der Waals surface area (Å²) in [4.78, 5) is 2.04. The summed E-state index contributed by atoms with van der Waals surface area (Å²) in [5.74, 6) is 0. The van der Waals surface area contributed by atoms with Crippen LogP contribution >= 0.6 is 15.9 Å². The monoisotopic (exact) mass is 364 g/mol. The number of hydrogen-bond acceptors (Lipinski definition) is 2. The van der Waals surface area contributed by atoms with Crippen molar-refractivity contribution in [2.45, 2.75) is 38.4 Å². The predicted octanol–water partition coefficient (Wildman–Crippen LogP) is 4.44. The molecule has 0 spiro atoms. The van der Waals surface area contributed by atoms with Gasteiger partial charge in [0.1, 0.15) is 0 Å². The molecule has 2 rings (SSSR count). The maximum Gasteiger partial charge on any atom is 0.416 e. The van der Waals surface area contributed by atoms with Crippen molar-refractivity contribution in [2.24, 2.45) is 0 Å². The van der Waals surface area contributed by atoms with Crippen LogP contribution in [0.5, 0.6) is 0 Å². The van der Waals surface area contributed by atoms with Crippen molar-refractivity contribution in [3.05, 3.63) is 28.2 Å². The largest absolute Gasteiger partial charge is 0.416 e. The lowest BCUT2D eigenvalue weighted by molar-refractivity contribution is -0.137. The van der Waals surface area contributed by atoms with E-state index >= 15 is 0 Å². The Kier molecular flexibility index (Phi) is 5.54. The summed E-state index contributed by atoms with van der Waals surface area (Å²) in [5.41, 5.74) is 0.0372. The first-order valence-electron chi connectivity index (χ1n) is 7.26. The molecule has 2 nitrogen and oxygen atoms in total. The molecule has 1 heterocycles. The number of hydrogen-bond donors (Lipinski definition) is 1. The number of anilines is 1. The van der Waals surface area contributed by atoms with Crippen molar-refractivity contribution in [3.8, 4) is 0 Å². The summed E-state index contributed by atoms with van der Waals surface area (Å²) in [6.45, 7) is 4.62. The van der Waals surface area contributed by atoms with E-state index in [1.54, 1.807) is 6.07 Å². The summed E-state index contributed by atoms with van der Waals surface area (Å²) < 4.78 is 39.2. The Morgan fingerprint density at radius 2 is 2.10 bits per heavy atom. The molecule has 1 aromatic carbocycles. The van der Waals surface area contributed by atoms with Crippen LogP contribution in [0.2, 0.25) is 0 Å². The Hall–Kier alpha value is -0.750. The van der Waals surface area contributed by atoms with Gasteiger partial charge in [-0.25, -0.2) is 0 Å². The number of alkyl halides is 3. The molecule has 1 aliphatic heterocycles. The number of benzene rings is 1. The van der Waals surface area contributed by atoms with E-state index < -0.39 is 11.7 Å². The lowest BCUT2D eigenvalue weighted by Crippen LogP contribution is -2.46. The molecule has 21 heavy (non-hydrogen) atoms. The minimum atomic E-state index is -4.31. The van der Waals surface area contributed by atoms with Gasteiger partial charge in [0.2, 0.25) is 0 Å². The van der Waals surface area contributed by atoms with Crippen LogP contribution in [0, 0.1) is 0 Å². The molecular formula is C15H20BrF3N2. The highest BCUT2D eigenvalue weighted by molar-refractivity contribution is 9.10. The van der Waals surface area contributed by atoms with Crippen molar-refractivity contribution in [2.75, 3.05) is 24.5 Å². The first kappa shape index (κ1) is 16.6. The molecule has 118 valence electrons. The summed E-state index contributed by atoms with van der Waals surface area (Å²) in [7, 11) is 0. The van der Waals surface area contributed by atoms with Crippen molar-refractivity contribution >= 4 is 21.6 Å². The number of piperidine rings is 1. The molecule has 1 fully saturated rings. The Bertz CT molecular complexity index is 476. The van der Waals surface area contributed by atoms with Crippen LogP contribution in [-0.4, -0.2) is 25.7 Å². The fraction of sp³-hybridized carbons (Fsp3) is 0.600. The van der Waals surface area contributed by atoms with Crippen LogP contribution in [0.25, 0.3) is 0 Å². The third-order valence-corrected chi connectivity index (χ3v) is 4.14. The first-order valence-corrected chi connectivity index (χ1v) is 8.05. The third-order valence-electron chi connectivity index (χ3n) is 3.68. The molecule has 0 aliphatic carbocycles. The number of halogens is 4. The maximum absolute atomic E-state index is 12.9. The van der Waals surface area contributed by atoms with Gasteiger partial charge in [0.05, 0.1) is 5.56 Å². The van der Waals surface area contributed by atoms with Crippen molar-refractivity contribution < 1.29 is 13.2 Å². The Balaban J connectivity index is 2.15. The van der Waals surface area contributed by atoms with Crippen molar-refractivity contribution in [3.63, 3.8) is 0 Å². The zero-order valence-corrected chi connectivity index (χ0v) is 13.6. The standard InChI is InChI=1S/C15H20BrF3N2/c1-2-5-20-13-4-3-6-21(10-13)14-8-11(15(17,18)19)7-12(16)9-14/h7-9,13,20H,2-6,10H2,1H3. The van der Waals surface area contributed by atoms with E-state index in [0.717, 1.165) is 45.0 Å².